The second-order valence-corrected chi connectivity index (χ2v) is 6.61. The third-order valence-corrected chi connectivity index (χ3v) is 5.26. The minimum atomic E-state index is -3.47. The molecule has 106 valence electrons. The van der Waals surface area contributed by atoms with Gasteiger partial charge < -0.3 is 5.11 Å². The number of carboxylic acids is 1. The number of nitrogens with zero attached hydrogens (tertiary/aromatic N) is 2. The fourth-order valence-corrected chi connectivity index (χ4v) is 3.66. The van der Waals surface area contributed by atoms with E-state index in [4.69, 9.17) is 5.11 Å². The van der Waals surface area contributed by atoms with E-state index in [2.05, 4.69) is 10.2 Å². The molecule has 1 aromatic rings. The molecule has 0 radical (unpaired) electrons. The number of aliphatic carboxylic acids is 1. The molecule has 0 atom stereocenters. The maximum Gasteiger partial charge on any atom is 0.303 e. The van der Waals surface area contributed by atoms with Crippen molar-refractivity contribution in [3.8, 4) is 0 Å². The Morgan fingerprint density at radius 1 is 1.47 bits per heavy atom. The topological polar surface area (TPSA) is 103 Å². The molecule has 7 nitrogen and oxygen atoms in total. The van der Waals surface area contributed by atoms with Gasteiger partial charge in [0, 0.05) is 19.5 Å². The van der Waals surface area contributed by atoms with Crippen molar-refractivity contribution in [2.75, 3.05) is 13.1 Å². The minimum Gasteiger partial charge on any atom is -0.481 e. The molecule has 2 N–H and O–H groups in total. The Kier molecular flexibility index (Phi) is 4.20. The van der Waals surface area contributed by atoms with Gasteiger partial charge in [-0.15, -0.1) is 0 Å². The van der Waals surface area contributed by atoms with Crippen molar-refractivity contribution in [3.05, 3.63) is 12.3 Å². The van der Waals surface area contributed by atoms with E-state index >= 15 is 0 Å². The highest BCUT2D eigenvalue weighted by Crippen LogP contribution is 2.25. The van der Waals surface area contributed by atoms with E-state index in [-0.39, 0.29) is 11.4 Å². The molecule has 8 heteroatoms. The van der Waals surface area contributed by atoms with Crippen LogP contribution in [0.25, 0.3) is 0 Å². The first-order valence-electron chi connectivity index (χ1n) is 6.21. The fourth-order valence-electron chi connectivity index (χ4n) is 2.29. The lowest BCUT2D eigenvalue weighted by Gasteiger charge is -2.30. The van der Waals surface area contributed by atoms with E-state index in [0.29, 0.717) is 38.3 Å². The zero-order valence-electron chi connectivity index (χ0n) is 10.4. The van der Waals surface area contributed by atoms with Crippen LogP contribution in [0.5, 0.6) is 0 Å². The van der Waals surface area contributed by atoms with Crippen LogP contribution in [0.2, 0.25) is 0 Å². The van der Waals surface area contributed by atoms with Crippen LogP contribution in [-0.2, 0) is 14.8 Å². The van der Waals surface area contributed by atoms with Gasteiger partial charge in [-0.1, -0.05) is 0 Å². The number of carboxylic acid groups (broad SMARTS) is 1. The average Bonchev–Trinajstić information content (AvgIpc) is 2.91. The lowest BCUT2D eigenvalue weighted by atomic mass is 9.93. The Morgan fingerprint density at radius 3 is 2.68 bits per heavy atom. The van der Waals surface area contributed by atoms with Crippen LogP contribution in [0, 0.1) is 5.92 Å². The van der Waals surface area contributed by atoms with Crippen molar-refractivity contribution >= 4 is 16.0 Å². The number of hydrogen-bond donors (Lipinski definition) is 2. The van der Waals surface area contributed by atoms with Crippen molar-refractivity contribution in [2.45, 2.75) is 30.7 Å². The van der Waals surface area contributed by atoms with E-state index in [9.17, 15) is 13.2 Å². The lowest BCUT2D eigenvalue weighted by Crippen LogP contribution is -2.38. The molecule has 2 heterocycles. The number of hydrogen-bond acceptors (Lipinski definition) is 4. The molecule has 19 heavy (non-hydrogen) atoms. The van der Waals surface area contributed by atoms with Crippen LogP contribution in [0.15, 0.2) is 17.3 Å². The molecule has 1 aliphatic heterocycles. The van der Waals surface area contributed by atoms with Gasteiger partial charge in [-0.3, -0.25) is 9.89 Å². The number of aromatic nitrogens is 2. The van der Waals surface area contributed by atoms with Crippen LogP contribution >= 0.6 is 0 Å². The third-order valence-electron chi connectivity index (χ3n) is 3.43. The average molecular weight is 287 g/mol. The molecule has 1 fully saturated rings. The Balaban J connectivity index is 1.91. The van der Waals surface area contributed by atoms with Crippen LogP contribution in [-0.4, -0.2) is 47.1 Å². The summed E-state index contributed by atoms with van der Waals surface area (Å²) in [6.45, 7) is 0.872. The van der Waals surface area contributed by atoms with Gasteiger partial charge in [0.15, 0.2) is 5.03 Å². The van der Waals surface area contributed by atoms with E-state index in [1.54, 1.807) is 0 Å². The van der Waals surface area contributed by atoms with Crippen molar-refractivity contribution in [3.63, 3.8) is 0 Å². The highest BCUT2D eigenvalue weighted by Gasteiger charge is 2.30. The zero-order valence-corrected chi connectivity index (χ0v) is 11.3. The summed E-state index contributed by atoms with van der Waals surface area (Å²) in [5.41, 5.74) is 0. The molecule has 0 bridgehead atoms. The summed E-state index contributed by atoms with van der Waals surface area (Å²) in [5, 5.41) is 14.9. The predicted octanol–water partition coefficient (Wildman–Crippen LogP) is 0.675. The molecule has 0 spiro atoms. The van der Waals surface area contributed by atoms with Gasteiger partial charge in [0.25, 0.3) is 10.0 Å². The van der Waals surface area contributed by atoms with E-state index < -0.39 is 16.0 Å². The molecule has 1 aromatic heterocycles. The molecular formula is C11H17N3O4S. The summed E-state index contributed by atoms with van der Waals surface area (Å²) >= 11 is 0. The van der Waals surface area contributed by atoms with Crippen molar-refractivity contribution in [1.29, 1.82) is 0 Å². The van der Waals surface area contributed by atoms with Gasteiger partial charge in [-0.05, 0) is 31.2 Å². The van der Waals surface area contributed by atoms with Crippen LogP contribution < -0.4 is 0 Å². The molecule has 1 aliphatic rings. The summed E-state index contributed by atoms with van der Waals surface area (Å²) in [4.78, 5) is 10.5. The molecule has 0 unspecified atom stereocenters. The van der Waals surface area contributed by atoms with Gasteiger partial charge in [0.05, 0.1) is 6.20 Å². The number of H-pyrrole nitrogens is 1. The normalized spacial score (nSPS) is 18.5. The number of piperidine rings is 1. The third kappa shape index (κ3) is 3.32. The molecule has 1 saturated heterocycles. The first-order chi connectivity index (χ1) is 9.00. The monoisotopic (exact) mass is 287 g/mol. The van der Waals surface area contributed by atoms with Crippen LogP contribution in [0.4, 0.5) is 0 Å². The molecular weight excluding hydrogens is 270 g/mol. The Bertz CT molecular complexity index is 518. The van der Waals surface area contributed by atoms with Crippen LogP contribution in [0.1, 0.15) is 25.7 Å². The lowest BCUT2D eigenvalue weighted by molar-refractivity contribution is -0.137. The maximum absolute atomic E-state index is 12.2. The Hall–Kier alpha value is -1.41. The largest absolute Gasteiger partial charge is 0.481 e. The molecule has 0 aliphatic carbocycles. The summed E-state index contributed by atoms with van der Waals surface area (Å²) < 4.78 is 25.8. The molecule has 2 rings (SSSR count). The SMILES string of the molecule is O=C(O)CCC1CCN(S(=O)(=O)c2ccn[nH]2)CC1. The number of aromatic amines is 1. The second-order valence-electron chi connectivity index (χ2n) is 4.70. The van der Waals surface area contributed by atoms with Gasteiger partial charge in [0.2, 0.25) is 0 Å². The van der Waals surface area contributed by atoms with Crippen molar-refractivity contribution in [1.82, 2.24) is 14.5 Å². The van der Waals surface area contributed by atoms with E-state index in [1.165, 1.54) is 16.6 Å². The standard InChI is InChI=1S/C11H17N3O4S/c15-11(16)2-1-9-4-7-14(8-5-9)19(17,18)10-3-6-12-13-10/h3,6,9H,1-2,4-5,7-8H2,(H,12,13)(H,15,16). The predicted molar refractivity (Wildman–Crippen MR) is 66.9 cm³/mol. The van der Waals surface area contributed by atoms with Crippen molar-refractivity contribution < 1.29 is 18.3 Å². The number of sulfonamides is 1. The quantitative estimate of drug-likeness (QED) is 0.828. The molecule has 0 aromatic carbocycles. The number of carbonyl (C=O) groups is 1. The first kappa shape index (κ1) is 14.0. The summed E-state index contributed by atoms with van der Waals surface area (Å²) in [6, 6.07) is 1.44. The van der Waals surface area contributed by atoms with Crippen molar-refractivity contribution in [2.24, 2.45) is 5.92 Å². The molecule has 0 amide bonds. The van der Waals surface area contributed by atoms with Gasteiger partial charge >= 0.3 is 5.97 Å². The van der Waals surface area contributed by atoms with E-state index in [0.717, 1.165) is 0 Å². The fraction of sp³-hybridized carbons (Fsp3) is 0.636. The summed E-state index contributed by atoms with van der Waals surface area (Å²) in [6.07, 6.45) is 3.60. The van der Waals surface area contributed by atoms with Crippen LogP contribution in [0.3, 0.4) is 0 Å². The van der Waals surface area contributed by atoms with Gasteiger partial charge in [-0.25, -0.2) is 8.42 Å². The number of nitrogens with one attached hydrogen (secondary N) is 1. The van der Waals surface area contributed by atoms with Gasteiger partial charge in [-0.2, -0.15) is 9.40 Å². The summed E-state index contributed by atoms with van der Waals surface area (Å²) in [5.74, 6) is -0.503. The highest BCUT2D eigenvalue weighted by molar-refractivity contribution is 7.89. The van der Waals surface area contributed by atoms with E-state index in [1.807, 2.05) is 0 Å². The second kappa shape index (κ2) is 5.70. The van der Waals surface area contributed by atoms with Gasteiger partial charge in [0.1, 0.15) is 0 Å². The maximum atomic E-state index is 12.2. The minimum absolute atomic E-state index is 0.108. The first-order valence-corrected chi connectivity index (χ1v) is 7.65. The number of rotatable bonds is 5. The highest BCUT2D eigenvalue weighted by atomic mass is 32.2. The smallest absolute Gasteiger partial charge is 0.303 e. The zero-order chi connectivity index (χ0) is 13.9. The summed E-state index contributed by atoms with van der Waals surface area (Å²) in [7, 11) is -3.47. The molecule has 0 saturated carbocycles. The Labute approximate surface area is 111 Å². The Morgan fingerprint density at radius 2 is 2.16 bits per heavy atom.